The zero-order valence-electron chi connectivity index (χ0n) is 20.8. The number of nitrogens with two attached hydrogens (primary N) is 2. The Morgan fingerprint density at radius 2 is 1.54 bits per heavy atom. The van der Waals surface area contributed by atoms with E-state index in [-0.39, 0.29) is 33.9 Å². The molecule has 0 saturated carbocycles. The monoisotopic (exact) mass is 582 g/mol. The Balaban J connectivity index is 2.00. The van der Waals surface area contributed by atoms with Gasteiger partial charge in [0.25, 0.3) is 5.91 Å². The Labute approximate surface area is 230 Å². The van der Waals surface area contributed by atoms with Gasteiger partial charge in [0, 0.05) is 22.3 Å². The number of sulfonamides is 1. The van der Waals surface area contributed by atoms with Crippen molar-refractivity contribution >= 4 is 44.7 Å². The van der Waals surface area contributed by atoms with Crippen molar-refractivity contribution in [2.24, 2.45) is 10.9 Å². The number of H-pyrrole nitrogens is 1. The Hall–Kier alpha value is -5.48. The smallest absolute Gasteiger partial charge is 0.323 e. The molecular formula is C25H22N6O9S. The summed E-state index contributed by atoms with van der Waals surface area (Å²) in [4.78, 5) is 43.5. The number of aromatic amines is 1. The minimum atomic E-state index is -4.27. The van der Waals surface area contributed by atoms with Crippen LogP contribution < -0.4 is 10.9 Å². The molecule has 16 heteroatoms. The second-order valence-electron chi connectivity index (χ2n) is 8.82. The second-order valence-corrected chi connectivity index (χ2v) is 10.4. The van der Waals surface area contributed by atoms with Crippen LogP contribution in [0.5, 0.6) is 11.5 Å². The van der Waals surface area contributed by atoms with Gasteiger partial charge in [0.05, 0.1) is 21.5 Å². The van der Waals surface area contributed by atoms with Crippen LogP contribution in [0.4, 0.5) is 0 Å². The molecule has 10 N–H and O–H groups in total. The first-order chi connectivity index (χ1) is 19.1. The number of carbonyl (C=O) groups is 3. The maximum Gasteiger partial charge on any atom is 0.323 e. The van der Waals surface area contributed by atoms with Crippen LogP contribution in [-0.4, -0.2) is 80.5 Å². The molecular weight excluding hydrogens is 560 g/mol. The average Bonchev–Trinajstić information content (AvgIpc) is 3.30. The maximum atomic E-state index is 13.4. The van der Waals surface area contributed by atoms with Crippen LogP contribution >= 0.6 is 0 Å². The number of amides is 1. The summed E-state index contributed by atoms with van der Waals surface area (Å²) >= 11 is 0. The number of aliphatic carboxylic acids is 2. The first-order valence-electron chi connectivity index (χ1n) is 11.5. The predicted octanol–water partition coefficient (Wildman–Crippen LogP) is 0.851. The second kappa shape index (κ2) is 10.6. The average molecular weight is 583 g/mol. The number of benzene rings is 3. The van der Waals surface area contributed by atoms with E-state index in [1.807, 2.05) is 0 Å². The van der Waals surface area contributed by atoms with Gasteiger partial charge in [-0.1, -0.05) is 0 Å². The Bertz CT molecular complexity index is 1850. The Morgan fingerprint density at radius 3 is 2.12 bits per heavy atom. The fourth-order valence-electron chi connectivity index (χ4n) is 4.06. The van der Waals surface area contributed by atoms with E-state index in [4.69, 9.17) is 16.3 Å². The van der Waals surface area contributed by atoms with Crippen molar-refractivity contribution in [1.29, 1.82) is 5.41 Å². The van der Waals surface area contributed by atoms with Gasteiger partial charge >= 0.3 is 11.9 Å². The molecule has 0 fully saturated rings. The number of aromatic nitrogens is 2. The van der Waals surface area contributed by atoms with E-state index >= 15 is 0 Å². The summed E-state index contributed by atoms with van der Waals surface area (Å²) in [5, 5.41) is 53.1. The van der Waals surface area contributed by atoms with Crippen LogP contribution in [0.1, 0.15) is 15.9 Å². The minimum absolute atomic E-state index is 0.0146. The molecule has 1 aromatic heterocycles. The van der Waals surface area contributed by atoms with Gasteiger partial charge in [0.1, 0.15) is 36.2 Å². The number of carboxylic acid groups (broad SMARTS) is 2. The molecule has 15 nitrogen and oxygen atoms in total. The molecule has 0 spiro atoms. The highest BCUT2D eigenvalue weighted by Gasteiger charge is 2.26. The lowest BCUT2D eigenvalue weighted by Crippen LogP contribution is -2.39. The number of fused-ring (bicyclic) bond motifs is 1. The number of carboxylic acids is 2. The molecule has 0 radical (unpaired) electrons. The van der Waals surface area contributed by atoms with E-state index in [1.54, 1.807) is 12.1 Å². The van der Waals surface area contributed by atoms with E-state index < -0.39 is 57.4 Å². The first-order valence-corrected chi connectivity index (χ1v) is 13.0. The van der Waals surface area contributed by atoms with Gasteiger partial charge in [-0.3, -0.25) is 19.8 Å². The molecule has 1 heterocycles. The maximum absolute atomic E-state index is 13.4. The summed E-state index contributed by atoms with van der Waals surface area (Å²) in [6, 6.07) is 9.76. The highest BCUT2D eigenvalue weighted by atomic mass is 32.2. The lowest BCUT2D eigenvalue weighted by Gasteiger charge is -2.20. The third-order valence-electron chi connectivity index (χ3n) is 5.93. The lowest BCUT2D eigenvalue weighted by atomic mass is 9.96. The normalized spacial score (nSPS) is 11.3. The van der Waals surface area contributed by atoms with Crippen LogP contribution in [-0.2, 0) is 19.6 Å². The van der Waals surface area contributed by atoms with E-state index in [1.165, 1.54) is 6.07 Å². The number of carbonyl (C=O) groups excluding carboxylic acids is 1. The van der Waals surface area contributed by atoms with Gasteiger partial charge in [-0.05, 0) is 48.5 Å². The van der Waals surface area contributed by atoms with Gasteiger partial charge < -0.3 is 36.0 Å². The Kier molecular flexibility index (Phi) is 7.37. The minimum Gasteiger partial charge on any atom is -0.507 e. The molecule has 0 aliphatic heterocycles. The quantitative estimate of drug-likeness (QED) is 0.101. The third-order valence-corrected chi connectivity index (χ3v) is 6.84. The zero-order chi connectivity index (χ0) is 30.2. The number of nitrogens with zero attached hydrogens (tertiary/aromatic N) is 2. The molecule has 0 unspecified atom stereocenters. The SMILES string of the molecule is N=C(N)c1ccc2[nH]c(-c3cc(C(=O)N(CC(=O)O)CC(=O)O)cc(-c4cc(S(N)(=O)=O)ccc4O)c3O)nc2c1. The van der Waals surface area contributed by atoms with Gasteiger partial charge in [-0.2, -0.15) is 0 Å². The molecule has 4 rings (SSSR count). The molecule has 212 valence electrons. The summed E-state index contributed by atoms with van der Waals surface area (Å²) in [6.07, 6.45) is 0. The molecule has 3 aromatic carbocycles. The number of nitrogens with one attached hydrogen (secondary N) is 2. The number of rotatable bonds is 9. The van der Waals surface area contributed by atoms with Crippen molar-refractivity contribution in [2.75, 3.05) is 13.1 Å². The molecule has 0 atom stereocenters. The zero-order valence-corrected chi connectivity index (χ0v) is 21.6. The van der Waals surface area contributed by atoms with Crippen LogP contribution in [0.2, 0.25) is 0 Å². The van der Waals surface area contributed by atoms with E-state index in [0.29, 0.717) is 21.5 Å². The highest BCUT2D eigenvalue weighted by Crippen LogP contribution is 2.43. The number of phenolic OH excluding ortho intramolecular Hbond substituents is 2. The van der Waals surface area contributed by atoms with Crippen molar-refractivity contribution in [3.8, 4) is 34.0 Å². The largest absolute Gasteiger partial charge is 0.507 e. The summed E-state index contributed by atoms with van der Waals surface area (Å²) in [6.45, 7) is -1.94. The highest BCUT2D eigenvalue weighted by molar-refractivity contribution is 7.89. The number of primary sulfonamides is 1. The molecule has 1 amide bonds. The standard InChI is InChI=1S/C25H22N6O9S/c26-23(27)11-1-3-17-18(7-11)30-24(29-17)16-6-12(25(38)31(9-20(33)34)10-21(35)36)5-15(22(16)37)14-8-13(41(28,39)40)2-4-19(14)32/h1-8,32,37H,9-10H2,(H3,26,27)(H,29,30)(H,33,34)(H,35,36)(H2,28,39,40). The number of hydrogen-bond acceptors (Lipinski definition) is 9. The molecule has 4 aromatic rings. The van der Waals surface area contributed by atoms with Crippen LogP contribution in [0, 0.1) is 5.41 Å². The van der Waals surface area contributed by atoms with E-state index in [0.717, 1.165) is 30.3 Å². The molecule has 0 aliphatic rings. The fourth-order valence-corrected chi connectivity index (χ4v) is 4.60. The topological polar surface area (TPSA) is 274 Å². The molecule has 41 heavy (non-hydrogen) atoms. The number of amidine groups is 1. The van der Waals surface area contributed by atoms with Gasteiger partial charge in [-0.15, -0.1) is 0 Å². The van der Waals surface area contributed by atoms with Gasteiger partial charge in [-0.25, -0.2) is 18.5 Å². The molecule has 0 aliphatic carbocycles. The van der Waals surface area contributed by atoms with Crippen LogP contribution in [0.15, 0.2) is 53.4 Å². The van der Waals surface area contributed by atoms with Gasteiger partial charge in [0.2, 0.25) is 10.0 Å². The Morgan fingerprint density at radius 1 is 0.902 bits per heavy atom. The lowest BCUT2D eigenvalue weighted by molar-refractivity contribution is -0.140. The number of nitrogen functional groups attached to an aromatic ring is 1. The molecule has 0 bridgehead atoms. The van der Waals surface area contributed by atoms with Crippen molar-refractivity contribution in [2.45, 2.75) is 4.90 Å². The summed E-state index contributed by atoms with van der Waals surface area (Å²) in [5.74, 6) is -5.36. The summed E-state index contributed by atoms with van der Waals surface area (Å²) < 4.78 is 23.9. The summed E-state index contributed by atoms with van der Waals surface area (Å²) in [7, 11) is -4.27. The predicted molar refractivity (Wildman–Crippen MR) is 144 cm³/mol. The summed E-state index contributed by atoms with van der Waals surface area (Å²) in [5.41, 5.74) is 5.67. The van der Waals surface area contributed by atoms with Crippen molar-refractivity contribution in [3.05, 3.63) is 59.7 Å². The third kappa shape index (κ3) is 5.92. The van der Waals surface area contributed by atoms with Crippen molar-refractivity contribution < 1.29 is 43.2 Å². The van der Waals surface area contributed by atoms with Gasteiger partial charge in [0.15, 0.2) is 0 Å². The number of aromatic hydroxyl groups is 2. The molecule has 0 saturated heterocycles. The van der Waals surface area contributed by atoms with Crippen molar-refractivity contribution in [1.82, 2.24) is 14.9 Å². The number of hydrogen-bond donors (Lipinski definition) is 8. The van der Waals surface area contributed by atoms with E-state index in [9.17, 15) is 43.2 Å². The number of phenols is 2. The first kappa shape index (κ1) is 28.5. The van der Waals surface area contributed by atoms with Crippen LogP contribution in [0.3, 0.4) is 0 Å². The van der Waals surface area contributed by atoms with E-state index in [2.05, 4.69) is 9.97 Å². The number of imidazole rings is 1. The van der Waals surface area contributed by atoms with Crippen molar-refractivity contribution in [3.63, 3.8) is 0 Å². The van der Waals surface area contributed by atoms with Crippen LogP contribution in [0.25, 0.3) is 33.5 Å². The fraction of sp³-hybridized carbons (Fsp3) is 0.0800.